The Labute approximate surface area is 144 Å². The number of nitrogens with zero attached hydrogens (tertiary/aromatic N) is 2. The Morgan fingerprint density at radius 2 is 2.12 bits per heavy atom. The molecule has 126 valence electrons. The third kappa shape index (κ3) is 3.26. The van der Waals surface area contributed by atoms with Gasteiger partial charge in [-0.2, -0.15) is 0 Å². The number of carbonyl (C=O) groups is 2. The van der Waals surface area contributed by atoms with Crippen LogP contribution in [0.5, 0.6) is 5.75 Å². The second kappa shape index (κ2) is 6.60. The van der Waals surface area contributed by atoms with Crippen molar-refractivity contribution in [3.8, 4) is 5.75 Å². The number of amides is 2. The van der Waals surface area contributed by atoms with Crippen molar-refractivity contribution in [3.63, 3.8) is 0 Å². The third-order valence-electron chi connectivity index (χ3n) is 3.91. The molecule has 1 aromatic heterocycles. The van der Waals surface area contributed by atoms with Crippen LogP contribution in [0.15, 0.2) is 24.3 Å². The molecule has 2 amide bonds. The molecular formula is C17H19N3O3S. The Bertz CT molecular complexity index is 768. The predicted octanol–water partition coefficient (Wildman–Crippen LogP) is 2.90. The number of aryl methyl sites for hydroxylation is 2. The molecule has 1 N–H and O–H groups in total. The van der Waals surface area contributed by atoms with Crippen LogP contribution < -0.4 is 15.0 Å². The average Bonchev–Trinajstić information content (AvgIpc) is 2.85. The molecule has 0 bridgehead atoms. The number of aromatic nitrogens is 1. The molecule has 0 radical (unpaired) electrons. The normalized spacial score (nSPS) is 16.5. The lowest BCUT2D eigenvalue weighted by molar-refractivity contribution is -0.125. The van der Waals surface area contributed by atoms with Gasteiger partial charge in [0.05, 0.1) is 11.4 Å². The van der Waals surface area contributed by atoms with Crippen LogP contribution in [0.3, 0.4) is 0 Å². The van der Waals surface area contributed by atoms with Gasteiger partial charge < -0.3 is 15.0 Å². The van der Waals surface area contributed by atoms with Crippen molar-refractivity contribution in [1.29, 1.82) is 0 Å². The van der Waals surface area contributed by atoms with Gasteiger partial charge in [0.2, 0.25) is 5.91 Å². The van der Waals surface area contributed by atoms with Crippen LogP contribution in [0.1, 0.15) is 23.9 Å². The standard InChI is InChI=1S/C17H19N3O3S/c1-10-12(3)24-17(18-10)19-15(21)8-9-20-13-6-4-5-7-14(13)23-11(2)16(20)22/h4-7,11H,8-9H2,1-3H3,(H,18,19,21)/t11-/m1/s1. The maximum atomic E-state index is 12.4. The summed E-state index contributed by atoms with van der Waals surface area (Å²) in [5, 5.41) is 3.39. The minimum atomic E-state index is -0.549. The topological polar surface area (TPSA) is 71.5 Å². The Morgan fingerprint density at radius 3 is 2.83 bits per heavy atom. The molecule has 7 heteroatoms. The summed E-state index contributed by atoms with van der Waals surface area (Å²) in [6, 6.07) is 7.36. The van der Waals surface area contributed by atoms with Crippen LogP contribution >= 0.6 is 11.3 Å². The molecule has 0 saturated heterocycles. The fourth-order valence-corrected chi connectivity index (χ4v) is 3.34. The van der Waals surface area contributed by atoms with E-state index in [2.05, 4.69) is 10.3 Å². The molecule has 0 fully saturated rings. The second-order valence-electron chi connectivity index (χ2n) is 5.68. The minimum Gasteiger partial charge on any atom is -0.479 e. The van der Waals surface area contributed by atoms with Gasteiger partial charge in [-0.15, -0.1) is 11.3 Å². The van der Waals surface area contributed by atoms with E-state index in [1.54, 1.807) is 11.8 Å². The highest BCUT2D eigenvalue weighted by molar-refractivity contribution is 7.15. The lowest BCUT2D eigenvalue weighted by atomic mass is 10.1. The Morgan fingerprint density at radius 1 is 1.38 bits per heavy atom. The minimum absolute atomic E-state index is 0.137. The van der Waals surface area contributed by atoms with E-state index in [4.69, 9.17) is 4.74 Å². The molecule has 1 aliphatic heterocycles. The number of hydrogen-bond donors (Lipinski definition) is 1. The molecule has 24 heavy (non-hydrogen) atoms. The Hall–Kier alpha value is -2.41. The second-order valence-corrected chi connectivity index (χ2v) is 6.88. The largest absolute Gasteiger partial charge is 0.479 e. The van der Waals surface area contributed by atoms with E-state index in [9.17, 15) is 9.59 Å². The number of benzene rings is 1. The maximum Gasteiger partial charge on any atom is 0.267 e. The van der Waals surface area contributed by atoms with Crippen molar-refractivity contribution in [3.05, 3.63) is 34.8 Å². The number of ether oxygens (including phenoxy) is 1. The number of hydrogen-bond acceptors (Lipinski definition) is 5. The molecule has 1 atom stereocenters. The molecule has 0 spiro atoms. The molecule has 0 unspecified atom stereocenters. The van der Waals surface area contributed by atoms with E-state index in [0.717, 1.165) is 10.6 Å². The number of nitrogens with one attached hydrogen (secondary N) is 1. The summed E-state index contributed by atoms with van der Waals surface area (Å²) < 4.78 is 5.59. The van der Waals surface area contributed by atoms with E-state index in [-0.39, 0.29) is 18.2 Å². The maximum absolute atomic E-state index is 12.4. The lowest BCUT2D eigenvalue weighted by Gasteiger charge is -2.32. The smallest absolute Gasteiger partial charge is 0.267 e. The van der Waals surface area contributed by atoms with Gasteiger partial charge in [-0.3, -0.25) is 9.59 Å². The predicted molar refractivity (Wildman–Crippen MR) is 93.7 cm³/mol. The van der Waals surface area contributed by atoms with E-state index >= 15 is 0 Å². The summed E-state index contributed by atoms with van der Waals surface area (Å²) in [6.07, 6.45) is -0.350. The van der Waals surface area contributed by atoms with Crippen molar-refractivity contribution >= 4 is 34.0 Å². The van der Waals surface area contributed by atoms with Gasteiger partial charge in [-0.05, 0) is 32.9 Å². The van der Waals surface area contributed by atoms with E-state index in [1.807, 2.05) is 38.1 Å². The summed E-state index contributed by atoms with van der Waals surface area (Å²) in [7, 11) is 0. The van der Waals surface area contributed by atoms with Crippen molar-refractivity contribution < 1.29 is 14.3 Å². The van der Waals surface area contributed by atoms with Crippen LogP contribution in [0.2, 0.25) is 0 Å². The summed E-state index contributed by atoms with van der Waals surface area (Å²) in [6.45, 7) is 5.89. The van der Waals surface area contributed by atoms with E-state index in [0.29, 0.717) is 23.1 Å². The monoisotopic (exact) mass is 345 g/mol. The first kappa shape index (κ1) is 16.4. The summed E-state index contributed by atoms with van der Waals surface area (Å²) in [5.74, 6) is 0.367. The average molecular weight is 345 g/mol. The highest BCUT2D eigenvalue weighted by atomic mass is 32.1. The highest BCUT2D eigenvalue weighted by Crippen LogP contribution is 2.33. The quantitative estimate of drug-likeness (QED) is 0.925. The Balaban J connectivity index is 1.67. The summed E-state index contributed by atoms with van der Waals surface area (Å²) >= 11 is 1.45. The molecule has 0 saturated carbocycles. The molecular weight excluding hydrogens is 326 g/mol. The van der Waals surface area contributed by atoms with Gasteiger partial charge in [-0.1, -0.05) is 12.1 Å². The number of anilines is 2. The van der Waals surface area contributed by atoms with Gasteiger partial charge in [0.15, 0.2) is 11.2 Å². The van der Waals surface area contributed by atoms with E-state index in [1.165, 1.54) is 11.3 Å². The van der Waals surface area contributed by atoms with Crippen LogP contribution in [0.25, 0.3) is 0 Å². The number of thiazole rings is 1. The zero-order chi connectivity index (χ0) is 17.3. The van der Waals surface area contributed by atoms with Crippen molar-refractivity contribution in [2.45, 2.75) is 33.3 Å². The molecule has 6 nitrogen and oxygen atoms in total. The molecule has 2 aromatic rings. The van der Waals surface area contributed by atoms with Gasteiger partial charge in [-0.25, -0.2) is 4.98 Å². The third-order valence-corrected chi connectivity index (χ3v) is 4.90. The van der Waals surface area contributed by atoms with Gasteiger partial charge in [0, 0.05) is 17.8 Å². The summed E-state index contributed by atoms with van der Waals surface area (Å²) in [5.41, 5.74) is 1.62. The van der Waals surface area contributed by atoms with Gasteiger partial charge >= 0.3 is 0 Å². The number of fused-ring (bicyclic) bond motifs is 1. The highest BCUT2D eigenvalue weighted by Gasteiger charge is 2.31. The first-order valence-electron chi connectivity index (χ1n) is 7.76. The zero-order valence-electron chi connectivity index (χ0n) is 13.8. The van der Waals surface area contributed by atoms with Crippen molar-refractivity contribution in [1.82, 2.24) is 4.98 Å². The molecule has 1 aromatic carbocycles. The van der Waals surface area contributed by atoms with Crippen molar-refractivity contribution in [2.24, 2.45) is 0 Å². The number of para-hydroxylation sites is 2. The van der Waals surface area contributed by atoms with Gasteiger partial charge in [0.1, 0.15) is 5.75 Å². The van der Waals surface area contributed by atoms with E-state index < -0.39 is 6.10 Å². The van der Waals surface area contributed by atoms with Crippen LogP contribution in [0.4, 0.5) is 10.8 Å². The fraction of sp³-hybridized carbons (Fsp3) is 0.353. The molecule has 0 aliphatic carbocycles. The zero-order valence-corrected chi connectivity index (χ0v) is 14.6. The summed E-state index contributed by atoms with van der Waals surface area (Å²) in [4.78, 5) is 31.5. The molecule has 2 heterocycles. The van der Waals surface area contributed by atoms with Crippen LogP contribution in [-0.2, 0) is 9.59 Å². The Kier molecular flexibility index (Phi) is 4.53. The number of rotatable bonds is 4. The van der Waals surface area contributed by atoms with Crippen LogP contribution in [-0.4, -0.2) is 29.4 Å². The SMILES string of the molecule is Cc1nc(NC(=O)CCN2C(=O)[C@@H](C)Oc3ccccc32)sc1C. The fourth-order valence-electron chi connectivity index (χ4n) is 2.51. The molecule has 1 aliphatic rings. The first-order chi connectivity index (χ1) is 11.5. The van der Waals surface area contributed by atoms with Crippen molar-refractivity contribution in [2.75, 3.05) is 16.8 Å². The molecule has 3 rings (SSSR count). The lowest BCUT2D eigenvalue weighted by Crippen LogP contribution is -2.45. The van der Waals surface area contributed by atoms with Crippen LogP contribution in [0, 0.1) is 13.8 Å². The number of carbonyl (C=O) groups excluding carboxylic acids is 2. The van der Waals surface area contributed by atoms with Gasteiger partial charge in [0.25, 0.3) is 5.91 Å². The first-order valence-corrected chi connectivity index (χ1v) is 8.58.